The van der Waals surface area contributed by atoms with Gasteiger partial charge in [-0.3, -0.25) is 0 Å². The van der Waals surface area contributed by atoms with Gasteiger partial charge in [0.25, 0.3) is 0 Å². The van der Waals surface area contributed by atoms with E-state index in [1.165, 1.54) is 0 Å². The number of nitrogens with one attached hydrogen (secondary N) is 1. The highest BCUT2D eigenvalue weighted by molar-refractivity contribution is 7.88. The van der Waals surface area contributed by atoms with E-state index >= 15 is 0 Å². The number of benzene rings is 2. The minimum absolute atomic E-state index is 0.897. The summed E-state index contributed by atoms with van der Waals surface area (Å²) in [5.74, 6) is 0. The van der Waals surface area contributed by atoms with Crippen molar-refractivity contribution in [3.05, 3.63) is 101 Å². The van der Waals surface area contributed by atoms with Gasteiger partial charge in [0.15, 0.2) is 7.14 Å². The van der Waals surface area contributed by atoms with Gasteiger partial charge in [-0.1, -0.05) is 54.6 Å². The maximum absolute atomic E-state index is 15.0. The minimum atomic E-state index is -2.99. The molecule has 3 heteroatoms. The molecule has 2 nitrogen and oxygen atoms in total. The van der Waals surface area contributed by atoms with Crippen LogP contribution in [0.1, 0.15) is 5.56 Å². The number of rotatable bonds is 1. The van der Waals surface area contributed by atoms with Crippen LogP contribution in [0.25, 0.3) is 28.6 Å². The Hall–Kier alpha value is -3.09. The van der Waals surface area contributed by atoms with E-state index in [1.54, 1.807) is 0 Å². The summed E-state index contributed by atoms with van der Waals surface area (Å²) < 4.78 is 15.0. The zero-order chi connectivity index (χ0) is 18.0. The van der Waals surface area contributed by atoms with Gasteiger partial charge in [0, 0.05) is 33.9 Å². The fourth-order valence-corrected chi connectivity index (χ4v) is 7.89. The van der Waals surface area contributed by atoms with Crippen molar-refractivity contribution in [2.75, 3.05) is 0 Å². The van der Waals surface area contributed by atoms with Crippen molar-refractivity contribution in [3.8, 4) is 11.1 Å². The van der Waals surface area contributed by atoms with Gasteiger partial charge in [-0.05, 0) is 51.4 Å². The number of H-pyrrole nitrogens is 1. The lowest BCUT2D eigenvalue weighted by molar-refractivity contribution is 0.593. The fourth-order valence-electron chi connectivity index (χ4n) is 4.49. The molecule has 0 saturated heterocycles. The standard InChI is InChI=1S/C24H16NOP/c26-27(20-7-2-1-3-8-20)23-18(12-16-6-4-5-9-21(16)23)14-19-13-17-10-11-25-15-22(17)24(19)27/h1-15,25H. The topological polar surface area (TPSA) is 32.9 Å². The number of aromatic nitrogens is 1. The zero-order valence-corrected chi connectivity index (χ0v) is 15.4. The van der Waals surface area contributed by atoms with Crippen LogP contribution >= 0.6 is 7.14 Å². The van der Waals surface area contributed by atoms with Gasteiger partial charge in [-0.15, -0.1) is 0 Å². The van der Waals surface area contributed by atoms with E-state index < -0.39 is 7.14 Å². The Labute approximate surface area is 156 Å². The van der Waals surface area contributed by atoms with Crippen LogP contribution in [-0.2, 0) is 4.57 Å². The van der Waals surface area contributed by atoms with E-state index in [-0.39, 0.29) is 0 Å². The van der Waals surface area contributed by atoms with E-state index in [0.29, 0.717) is 0 Å². The van der Waals surface area contributed by atoms with Crippen molar-refractivity contribution in [1.82, 2.24) is 4.98 Å². The van der Waals surface area contributed by atoms with Gasteiger partial charge in [0.05, 0.1) is 0 Å². The predicted molar refractivity (Wildman–Crippen MR) is 112 cm³/mol. The molecule has 0 spiro atoms. The molecule has 6 rings (SSSR count). The lowest BCUT2D eigenvalue weighted by Crippen LogP contribution is -2.27. The number of pyridine rings is 1. The Morgan fingerprint density at radius 2 is 1.67 bits per heavy atom. The van der Waals surface area contributed by atoms with Gasteiger partial charge in [-0.2, -0.15) is 0 Å². The molecular weight excluding hydrogens is 349 g/mol. The molecule has 2 aliphatic heterocycles. The third kappa shape index (κ3) is 1.88. The zero-order valence-electron chi connectivity index (χ0n) is 14.5. The van der Waals surface area contributed by atoms with Crippen LogP contribution in [0.3, 0.4) is 0 Å². The Morgan fingerprint density at radius 1 is 0.852 bits per heavy atom. The molecule has 2 aromatic carbocycles. The van der Waals surface area contributed by atoms with Gasteiger partial charge < -0.3 is 9.55 Å². The first-order valence-electron chi connectivity index (χ1n) is 9.06. The summed E-state index contributed by atoms with van der Waals surface area (Å²) in [5.41, 5.74) is 4.32. The SMILES string of the molecule is O=P1(c2ccccc2)C2=c3ccccc3=CC2=Cc2cc3cc[nH]cc-3c21. The molecule has 4 aliphatic rings. The number of fused-ring (bicyclic) bond motifs is 5. The molecule has 1 N–H and O–H groups in total. The Balaban J connectivity index is 1.84. The van der Waals surface area contributed by atoms with Crippen molar-refractivity contribution in [2.45, 2.75) is 0 Å². The van der Waals surface area contributed by atoms with E-state index in [9.17, 15) is 4.57 Å². The van der Waals surface area contributed by atoms with Crippen LogP contribution in [0.15, 0.2) is 84.7 Å². The van der Waals surface area contributed by atoms with Gasteiger partial charge in [-0.25, -0.2) is 0 Å². The smallest absolute Gasteiger partial charge is 0.173 e. The average Bonchev–Trinajstić information content (AvgIpc) is 3.27. The molecule has 0 radical (unpaired) electrons. The van der Waals surface area contributed by atoms with Gasteiger partial charge in [0.1, 0.15) is 0 Å². The molecule has 0 aromatic heterocycles. The maximum Gasteiger partial charge on any atom is 0.173 e. The molecule has 1 atom stereocenters. The molecule has 0 amide bonds. The second-order valence-electron chi connectivity index (χ2n) is 7.09. The third-order valence-corrected chi connectivity index (χ3v) is 8.88. The van der Waals surface area contributed by atoms with Crippen LogP contribution in [0.5, 0.6) is 0 Å². The second kappa shape index (κ2) is 5.22. The third-order valence-electron chi connectivity index (χ3n) is 5.60. The van der Waals surface area contributed by atoms with E-state index in [0.717, 1.165) is 48.6 Å². The summed E-state index contributed by atoms with van der Waals surface area (Å²) in [7, 11) is -2.99. The van der Waals surface area contributed by atoms with Crippen LogP contribution < -0.4 is 21.0 Å². The first-order valence-corrected chi connectivity index (χ1v) is 10.8. The fraction of sp³-hybridized carbons (Fsp3) is 0. The summed E-state index contributed by atoms with van der Waals surface area (Å²) >= 11 is 0. The first kappa shape index (κ1) is 15.0. The maximum atomic E-state index is 15.0. The van der Waals surface area contributed by atoms with Crippen LogP contribution in [-0.4, -0.2) is 4.98 Å². The van der Waals surface area contributed by atoms with Crippen molar-refractivity contribution < 1.29 is 4.57 Å². The number of hydrogen-bond acceptors (Lipinski definition) is 1. The van der Waals surface area contributed by atoms with Crippen molar-refractivity contribution in [3.63, 3.8) is 0 Å². The molecule has 0 bridgehead atoms. The quantitative estimate of drug-likeness (QED) is 0.515. The van der Waals surface area contributed by atoms with Crippen LogP contribution in [0, 0.1) is 0 Å². The van der Waals surface area contributed by atoms with E-state index in [1.807, 2.05) is 54.9 Å². The second-order valence-corrected chi connectivity index (χ2v) is 9.72. The van der Waals surface area contributed by atoms with E-state index in [2.05, 4.69) is 41.4 Å². The number of aromatic amines is 1. The largest absolute Gasteiger partial charge is 0.367 e. The van der Waals surface area contributed by atoms with Gasteiger partial charge >= 0.3 is 0 Å². The van der Waals surface area contributed by atoms with Gasteiger partial charge in [0.2, 0.25) is 0 Å². The van der Waals surface area contributed by atoms with Crippen molar-refractivity contribution >= 4 is 35.2 Å². The average molecular weight is 365 g/mol. The molecular formula is C24H16NOP. The summed E-state index contributed by atoms with van der Waals surface area (Å²) in [6, 6.07) is 22.4. The van der Waals surface area contributed by atoms with Crippen molar-refractivity contribution in [1.29, 1.82) is 0 Å². The lowest BCUT2D eigenvalue weighted by atomic mass is 10.2. The minimum Gasteiger partial charge on any atom is -0.367 e. The molecule has 1 unspecified atom stereocenters. The van der Waals surface area contributed by atoms with Crippen molar-refractivity contribution in [2.24, 2.45) is 0 Å². The highest BCUT2D eigenvalue weighted by Gasteiger charge is 2.42. The summed E-state index contributed by atoms with van der Waals surface area (Å²) in [6.07, 6.45) is 8.27. The lowest BCUT2D eigenvalue weighted by Gasteiger charge is -2.27. The molecule has 2 heterocycles. The summed E-state index contributed by atoms with van der Waals surface area (Å²) in [5, 5.41) is 5.08. The molecule has 0 saturated carbocycles. The number of hydrogen-bond donors (Lipinski definition) is 1. The molecule has 2 aromatic rings. The van der Waals surface area contributed by atoms with Crippen LogP contribution in [0.2, 0.25) is 0 Å². The Kier molecular flexibility index (Phi) is 2.90. The summed E-state index contributed by atoms with van der Waals surface area (Å²) in [4.78, 5) is 3.18. The molecule has 2 aliphatic carbocycles. The van der Waals surface area contributed by atoms with E-state index in [4.69, 9.17) is 0 Å². The Morgan fingerprint density at radius 3 is 2.56 bits per heavy atom. The Bertz CT molecular complexity index is 1390. The predicted octanol–water partition coefficient (Wildman–Crippen LogP) is 3.43. The van der Waals surface area contributed by atoms with Crippen LogP contribution in [0.4, 0.5) is 0 Å². The highest BCUT2D eigenvalue weighted by Crippen LogP contribution is 2.61. The number of allylic oxidation sites excluding steroid dienone is 1. The molecule has 27 heavy (non-hydrogen) atoms. The monoisotopic (exact) mass is 365 g/mol. The highest BCUT2D eigenvalue weighted by atomic mass is 31.2. The summed E-state index contributed by atoms with van der Waals surface area (Å²) in [6.45, 7) is 0. The molecule has 0 fully saturated rings. The normalized spacial score (nSPS) is 19.9. The molecule has 128 valence electrons. The first-order chi connectivity index (χ1) is 13.3.